The van der Waals surface area contributed by atoms with Crippen LogP contribution < -0.4 is 17.0 Å². The van der Waals surface area contributed by atoms with Gasteiger partial charge in [-0.25, -0.2) is 0 Å². The molecule has 3 nitrogen and oxygen atoms in total. The number of hydrogen-bond donors (Lipinski definition) is 0. The van der Waals surface area contributed by atoms with Crippen LogP contribution in [0.25, 0.3) is 0 Å². The molecule has 0 saturated heterocycles. The van der Waals surface area contributed by atoms with Gasteiger partial charge in [0.15, 0.2) is 0 Å². The topological polar surface area (TPSA) is 26.3 Å². The minimum Gasteiger partial charge on any atom is -1.00 e. The molecule has 0 N–H and O–H groups in total. The molecule has 0 spiro atoms. The Morgan fingerprint density at radius 3 is 1.83 bits per heavy atom. The van der Waals surface area contributed by atoms with Gasteiger partial charge in [0.25, 0.3) is 6.47 Å². The van der Waals surface area contributed by atoms with Crippen LogP contribution in [0.4, 0.5) is 0 Å². The maximum atomic E-state index is 11.4. The third-order valence-electron chi connectivity index (χ3n) is 8.74. The number of carbonyl (C=O) groups excluding carboxylic acids is 1. The summed E-state index contributed by atoms with van der Waals surface area (Å²) in [5.74, 6) is 3.14. The molecule has 0 heterocycles. The van der Waals surface area contributed by atoms with E-state index >= 15 is 0 Å². The molecule has 0 atom stereocenters. The van der Waals surface area contributed by atoms with Crippen molar-refractivity contribution in [3.05, 3.63) is 0 Å². The van der Waals surface area contributed by atoms with Gasteiger partial charge in [-0.05, 0) is 75.0 Å². The van der Waals surface area contributed by atoms with Crippen molar-refractivity contribution < 1.29 is 31.0 Å². The van der Waals surface area contributed by atoms with Gasteiger partial charge < -0.3 is 26.2 Å². The monoisotopic (exact) mass is 485 g/mol. The van der Waals surface area contributed by atoms with E-state index < -0.39 is 0 Å². The molecule has 0 aromatic rings. The van der Waals surface area contributed by atoms with Gasteiger partial charge >= 0.3 is 0 Å². The molecule has 4 fully saturated rings. The fraction of sp³-hybridized carbons (Fsp3) is 0.962. The van der Waals surface area contributed by atoms with Crippen LogP contribution in [-0.4, -0.2) is 43.7 Å². The van der Waals surface area contributed by atoms with Crippen LogP contribution in [0.2, 0.25) is 0 Å². The van der Waals surface area contributed by atoms with Gasteiger partial charge in [0, 0.05) is 6.42 Å². The predicted octanol–water partition coefficient (Wildman–Crippen LogP) is 3.36. The van der Waals surface area contributed by atoms with Crippen LogP contribution in [-0.2, 0) is 9.53 Å². The fourth-order valence-electron chi connectivity index (χ4n) is 7.30. The van der Waals surface area contributed by atoms with Crippen LogP contribution >= 0.6 is 0 Å². The van der Waals surface area contributed by atoms with Crippen LogP contribution in [0.15, 0.2) is 0 Å². The lowest BCUT2D eigenvalue weighted by molar-refractivity contribution is -0.890. The minimum atomic E-state index is -0.117. The van der Waals surface area contributed by atoms with E-state index in [-0.39, 0.29) is 22.6 Å². The molecule has 176 valence electrons. The second-order valence-electron chi connectivity index (χ2n) is 11.4. The largest absolute Gasteiger partial charge is 1.00 e. The molecule has 4 aliphatic rings. The number of halogens is 1. The standard InChI is InChI=1S/C26H48NO2.BrH/c1-4-5-6-7-8-9-10-11-14-27(2,3)15-12-13-26(29-21-28)24-17-22-16-23(19-24)20-25(26)18-22;/h21-25H,4-20H2,1-3H3;1H/q+1;/p-1. The molecule has 30 heavy (non-hydrogen) atoms. The summed E-state index contributed by atoms with van der Waals surface area (Å²) in [7, 11) is 4.79. The van der Waals surface area contributed by atoms with Gasteiger partial charge in [-0.3, -0.25) is 4.79 Å². The molecule has 0 radical (unpaired) electrons. The third kappa shape index (κ3) is 6.70. The predicted molar refractivity (Wildman–Crippen MR) is 121 cm³/mol. The third-order valence-corrected chi connectivity index (χ3v) is 8.74. The number of carbonyl (C=O) groups is 1. The van der Waals surface area contributed by atoms with E-state index in [0.29, 0.717) is 11.8 Å². The Hall–Kier alpha value is -0.0900. The van der Waals surface area contributed by atoms with Gasteiger partial charge in [0.2, 0.25) is 0 Å². The van der Waals surface area contributed by atoms with Crippen LogP contribution in [0, 0.1) is 23.7 Å². The van der Waals surface area contributed by atoms with E-state index in [2.05, 4.69) is 21.0 Å². The van der Waals surface area contributed by atoms with E-state index in [1.54, 1.807) is 0 Å². The molecule has 4 heteroatoms. The summed E-state index contributed by atoms with van der Waals surface area (Å²) < 4.78 is 7.11. The Morgan fingerprint density at radius 1 is 0.800 bits per heavy atom. The number of hydrogen-bond acceptors (Lipinski definition) is 2. The normalized spacial score (nSPS) is 32.1. The molecule has 0 unspecified atom stereocenters. The first-order valence-corrected chi connectivity index (χ1v) is 12.9. The molecule has 0 amide bonds. The summed E-state index contributed by atoms with van der Waals surface area (Å²) in [6.07, 6.45) is 20.2. The van der Waals surface area contributed by atoms with Crippen LogP contribution in [0.5, 0.6) is 0 Å². The maximum absolute atomic E-state index is 11.4. The Labute approximate surface area is 197 Å². The maximum Gasteiger partial charge on any atom is 0.293 e. The highest BCUT2D eigenvalue weighted by Gasteiger charge is 2.58. The molecule has 0 aromatic heterocycles. The zero-order valence-corrected chi connectivity index (χ0v) is 21.6. The molecule has 4 bridgehead atoms. The summed E-state index contributed by atoms with van der Waals surface area (Å²) in [6, 6.07) is 0. The number of quaternary nitrogens is 1. The van der Waals surface area contributed by atoms with Crippen molar-refractivity contribution in [2.24, 2.45) is 23.7 Å². The Balaban J connectivity index is 0.00000320. The average Bonchev–Trinajstić information content (AvgIpc) is 2.67. The quantitative estimate of drug-likeness (QED) is 0.202. The molecule has 4 aliphatic carbocycles. The second kappa shape index (κ2) is 12.2. The van der Waals surface area contributed by atoms with Crippen molar-refractivity contribution >= 4 is 6.47 Å². The summed E-state index contributed by atoms with van der Waals surface area (Å²) in [5.41, 5.74) is -0.117. The highest BCUT2D eigenvalue weighted by Crippen LogP contribution is 2.60. The zero-order valence-electron chi connectivity index (χ0n) is 20.0. The van der Waals surface area contributed by atoms with Crippen LogP contribution in [0.1, 0.15) is 103 Å². The van der Waals surface area contributed by atoms with E-state index in [0.717, 1.165) is 29.2 Å². The van der Waals surface area contributed by atoms with Crippen LogP contribution in [0.3, 0.4) is 0 Å². The lowest BCUT2D eigenvalue weighted by Crippen LogP contribution is -3.00. The summed E-state index contributed by atoms with van der Waals surface area (Å²) in [5, 5.41) is 0. The Bertz CT molecular complexity index is 479. The zero-order chi connectivity index (χ0) is 20.7. The molecule has 4 rings (SSSR count). The number of nitrogens with zero attached hydrogens (tertiary/aromatic N) is 1. The SMILES string of the molecule is CCCCCCCCCC[N+](C)(C)CCCC1(OC=O)C2CC3CC(C2)CC1C3.[Br-]. The van der Waals surface area contributed by atoms with Crippen molar-refractivity contribution in [3.8, 4) is 0 Å². The molecular weight excluding hydrogens is 438 g/mol. The van der Waals surface area contributed by atoms with E-state index in [1.165, 1.54) is 103 Å². The average molecular weight is 487 g/mol. The molecule has 0 aromatic carbocycles. The Morgan fingerprint density at radius 2 is 1.30 bits per heavy atom. The van der Waals surface area contributed by atoms with E-state index in [4.69, 9.17) is 4.74 Å². The Kier molecular flexibility index (Phi) is 10.7. The first kappa shape index (κ1) is 26.2. The first-order valence-electron chi connectivity index (χ1n) is 12.9. The van der Waals surface area contributed by atoms with Crippen molar-refractivity contribution in [3.63, 3.8) is 0 Å². The summed E-state index contributed by atoms with van der Waals surface area (Å²) >= 11 is 0. The van der Waals surface area contributed by atoms with E-state index in [1.807, 2.05) is 0 Å². The summed E-state index contributed by atoms with van der Waals surface area (Å²) in [4.78, 5) is 11.4. The van der Waals surface area contributed by atoms with Gasteiger partial charge in [-0.1, -0.05) is 45.4 Å². The lowest BCUT2D eigenvalue weighted by atomic mass is 9.49. The smallest absolute Gasteiger partial charge is 0.293 e. The number of unbranched alkanes of at least 4 members (excludes halogenated alkanes) is 7. The van der Waals surface area contributed by atoms with Crippen molar-refractivity contribution in [1.82, 2.24) is 0 Å². The molecule has 4 saturated carbocycles. The van der Waals surface area contributed by atoms with Gasteiger partial charge in [0.1, 0.15) is 5.60 Å². The van der Waals surface area contributed by atoms with Gasteiger partial charge in [-0.2, -0.15) is 0 Å². The van der Waals surface area contributed by atoms with Gasteiger partial charge in [0.05, 0.1) is 27.2 Å². The highest BCUT2D eigenvalue weighted by molar-refractivity contribution is 5.39. The number of rotatable bonds is 15. The van der Waals surface area contributed by atoms with Gasteiger partial charge in [-0.15, -0.1) is 0 Å². The van der Waals surface area contributed by atoms with E-state index in [9.17, 15) is 4.79 Å². The molecular formula is C26H48BrNO2. The highest BCUT2D eigenvalue weighted by atomic mass is 79.9. The first-order chi connectivity index (χ1) is 14.0. The fourth-order valence-corrected chi connectivity index (χ4v) is 7.30. The lowest BCUT2D eigenvalue weighted by Gasteiger charge is -2.60. The van der Waals surface area contributed by atoms with Crippen molar-refractivity contribution in [2.45, 2.75) is 109 Å². The minimum absolute atomic E-state index is 0. The number of ether oxygens (including phenoxy) is 1. The summed E-state index contributed by atoms with van der Waals surface area (Å²) in [6.45, 7) is 5.57. The van der Waals surface area contributed by atoms with Crippen molar-refractivity contribution in [1.29, 1.82) is 0 Å². The molecule has 0 aliphatic heterocycles. The second-order valence-corrected chi connectivity index (χ2v) is 11.4. The van der Waals surface area contributed by atoms with Crippen molar-refractivity contribution in [2.75, 3.05) is 27.2 Å².